The van der Waals surface area contributed by atoms with Gasteiger partial charge >= 0.3 is 0 Å². The van der Waals surface area contributed by atoms with Gasteiger partial charge in [-0.15, -0.1) is 11.3 Å². The third-order valence-corrected chi connectivity index (χ3v) is 11.2. The van der Waals surface area contributed by atoms with E-state index in [1.165, 1.54) is 47.9 Å². The lowest BCUT2D eigenvalue weighted by molar-refractivity contribution is 0.543. The maximum absolute atomic E-state index is 5.01. The summed E-state index contributed by atoms with van der Waals surface area (Å²) >= 11 is 1.83. The van der Waals surface area contributed by atoms with Crippen molar-refractivity contribution in [3.05, 3.63) is 163 Å². The van der Waals surface area contributed by atoms with E-state index in [4.69, 9.17) is 15.0 Å². The van der Waals surface area contributed by atoms with Gasteiger partial charge in [-0.1, -0.05) is 140 Å². The van der Waals surface area contributed by atoms with E-state index in [0.29, 0.717) is 17.5 Å². The van der Waals surface area contributed by atoms with E-state index in [-0.39, 0.29) is 11.5 Å². The molecule has 0 amide bonds. The van der Waals surface area contributed by atoms with Crippen molar-refractivity contribution in [1.29, 1.82) is 0 Å². The maximum atomic E-state index is 5.01. The summed E-state index contributed by atoms with van der Waals surface area (Å²) in [7, 11) is 0. The second-order valence-corrected chi connectivity index (χ2v) is 14.1. The number of nitrogens with zero attached hydrogens (tertiary/aromatic N) is 4. The number of anilines is 2. The van der Waals surface area contributed by atoms with Crippen LogP contribution in [0.3, 0.4) is 0 Å². The predicted molar refractivity (Wildman–Crippen MR) is 205 cm³/mol. The minimum Gasteiger partial charge on any atom is -0.330 e. The summed E-state index contributed by atoms with van der Waals surface area (Å²) in [5.74, 6) is 2.26. The number of aromatic nitrogens is 3. The summed E-state index contributed by atoms with van der Waals surface area (Å²) in [5.41, 5.74) is 6.58. The zero-order valence-corrected chi connectivity index (χ0v) is 27.6. The van der Waals surface area contributed by atoms with E-state index in [1.807, 2.05) is 72.0 Å². The number of fused-ring (bicyclic) bond motifs is 8. The number of allylic oxidation sites excluding steroid dienone is 2. The molecule has 3 heterocycles. The molecule has 1 aliphatic heterocycles. The molecule has 2 atom stereocenters. The zero-order valence-electron chi connectivity index (χ0n) is 26.8. The third-order valence-electron chi connectivity index (χ3n) is 10.1. The Balaban J connectivity index is 1.17. The van der Waals surface area contributed by atoms with Crippen LogP contribution in [-0.4, -0.2) is 20.5 Å². The molecule has 49 heavy (non-hydrogen) atoms. The Morgan fingerprint density at radius 3 is 2.04 bits per heavy atom. The van der Waals surface area contributed by atoms with Gasteiger partial charge in [0.05, 0.1) is 16.9 Å². The topological polar surface area (TPSA) is 41.9 Å². The second kappa shape index (κ2) is 10.8. The highest BCUT2D eigenvalue weighted by Gasteiger charge is 2.48. The van der Waals surface area contributed by atoms with Crippen molar-refractivity contribution in [3.63, 3.8) is 0 Å². The highest BCUT2D eigenvalue weighted by molar-refractivity contribution is 7.26. The molecule has 0 spiro atoms. The molecule has 0 radical (unpaired) electrons. The van der Waals surface area contributed by atoms with Crippen molar-refractivity contribution < 1.29 is 0 Å². The summed E-state index contributed by atoms with van der Waals surface area (Å²) in [6.07, 6.45) is 9.16. The maximum Gasteiger partial charge on any atom is 0.164 e. The third kappa shape index (κ3) is 4.32. The van der Waals surface area contributed by atoms with Gasteiger partial charge < -0.3 is 4.90 Å². The summed E-state index contributed by atoms with van der Waals surface area (Å²) in [4.78, 5) is 17.5. The number of hydrogen-bond acceptors (Lipinski definition) is 5. The van der Waals surface area contributed by atoms with Crippen LogP contribution < -0.4 is 4.90 Å². The largest absolute Gasteiger partial charge is 0.330 e. The molecule has 0 N–H and O–H groups in total. The monoisotopic (exact) mass is 646 g/mol. The molecule has 5 heteroatoms. The van der Waals surface area contributed by atoms with Crippen molar-refractivity contribution in [3.8, 4) is 34.2 Å². The van der Waals surface area contributed by atoms with Gasteiger partial charge in [-0.05, 0) is 36.1 Å². The molecule has 2 unspecified atom stereocenters. The smallest absolute Gasteiger partial charge is 0.164 e. The minimum absolute atomic E-state index is 0.240. The average Bonchev–Trinajstić information content (AvgIpc) is 3.67. The molecule has 0 saturated heterocycles. The first-order valence-corrected chi connectivity index (χ1v) is 17.5. The minimum atomic E-state index is -0.240. The van der Waals surface area contributed by atoms with E-state index in [2.05, 4.69) is 109 Å². The standard InChI is InChI=1S/C44H30N4S/c1-44-26-11-10-19-35(44)33-24-22-28-13-8-9-18-32(28)40(33)48(44)36-20-12-21-37-39(36)34-25-23-31(27-38(34)49-37)43-46-41(29-14-4-2-5-15-29)45-42(47-43)30-16-6-3-7-17-30/h2-27,35H,1H3. The molecular formula is C44H30N4S. The molecule has 0 saturated carbocycles. The van der Waals surface area contributed by atoms with Gasteiger partial charge in [-0.25, -0.2) is 15.0 Å². The summed E-state index contributed by atoms with van der Waals surface area (Å²) in [5, 5.41) is 5.07. The molecule has 10 rings (SSSR count). The van der Waals surface area contributed by atoms with E-state index >= 15 is 0 Å². The number of benzene rings is 6. The van der Waals surface area contributed by atoms with E-state index in [9.17, 15) is 0 Å². The number of thiophene rings is 1. The Kier molecular flexibility index (Phi) is 6.21. The van der Waals surface area contributed by atoms with Gasteiger partial charge in [-0.2, -0.15) is 0 Å². The fraction of sp³-hybridized carbons (Fsp3) is 0.0682. The molecule has 6 aromatic carbocycles. The lowest BCUT2D eigenvalue weighted by Crippen LogP contribution is -2.42. The summed E-state index contributed by atoms with van der Waals surface area (Å²) < 4.78 is 2.47. The van der Waals surface area contributed by atoms with Crippen LogP contribution in [0.25, 0.3) is 65.1 Å². The fourth-order valence-electron chi connectivity index (χ4n) is 7.82. The fourth-order valence-corrected chi connectivity index (χ4v) is 8.99. The van der Waals surface area contributed by atoms with Gasteiger partial charge in [-0.3, -0.25) is 0 Å². The predicted octanol–water partition coefficient (Wildman–Crippen LogP) is 11.5. The van der Waals surface area contributed by atoms with Gasteiger partial charge in [0, 0.05) is 48.2 Å². The first-order chi connectivity index (χ1) is 24.2. The SMILES string of the molecule is CC12C=CC=CC1c1ccc3ccccc3c1N2c1cccc2sc3cc(-c4nc(-c5ccccc5)nc(-c5ccccc5)n4)ccc3c12. The van der Waals surface area contributed by atoms with Crippen LogP contribution in [0.2, 0.25) is 0 Å². The Morgan fingerprint density at radius 1 is 0.592 bits per heavy atom. The molecule has 0 fully saturated rings. The first kappa shape index (κ1) is 28.1. The van der Waals surface area contributed by atoms with Crippen LogP contribution in [-0.2, 0) is 0 Å². The molecule has 0 bridgehead atoms. The van der Waals surface area contributed by atoms with Crippen LogP contribution >= 0.6 is 11.3 Å². The lowest BCUT2D eigenvalue weighted by Gasteiger charge is -2.40. The Bertz CT molecular complexity index is 2580. The van der Waals surface area contributed by atoms with Crippen molar-refractivity contribution in [1.82, 2.24) is 15.0 Å². The van der Waals surface area contributed by atoms with Gasteiger partial charge in [0.2, 0.25) is 0 Å². The van der Waals surface area contributed by atoms with E-state index in [0.717, 1.165) is 16.7 Å². The molecule has 2 aromatic heterocycles. The summed E-state index contributed by atoms with van der Waals surface area (Å²) in [6.45, 7) is 2.38. The zero-order chi connectivity index (χ0) is 32.5. The van der Waals surface area contributed by atoms with Crippen molar-refractivity contribution in [2.45, 2.75) is 18.4 Å². The first-order valence-electron chi connectivity index (χ1n) is 16.7. The molecule has 2 aliphatic rings. The van der Waals surface area contributed by atoms with Crippen LogP contribution in [0.1, 0.15) is 18.4 Å². The molecule has 8 aromatic rings. The van der Waals surface area contributed by atoms with Crippen LogP contribution in [0, 0.1) is 0 Å². The lowest BCUT2D eigenvalue weighted by atomic mass is 9.80. The van der Waals surface area contributed by atoms with Crippen LogP contribution in [0.4, 0.5) is 11.4 Å². The molecular weight excluding hydrogens is 617 g/mol. The van der Waals surface area contributed by atoms with Crippen molar-refractivity contribution in [2.75, 3.05) is 4.90 Å². The van der Waals surface area contributed by atoms with Crippen molar-refractivity contribution in [2.24, 2.45) is 0 Å². The Labute approximate surface area is 288 Å². The highest BCUT2D eigenvalue weighted by Crippen LogP contribution is 2.58. The van der Waals surface area contributed by atoms with Gasteiger partial charge in [0.25, 0.3) is 0 Å². The van der Waals surface area contributed by atoms with Gasteiger partial charge in [0.15, 0.2) is 17.5 Å². The number of hydrogen-bond donors (Lipinski definition) is 0. The van der Waals surface area contributed by atoms with E-state index < -0.39 is 0 Å². The van der Waals surface area contributed by atoms with Crippen LogP contribution in [0.5, 0.6) is 0 Å². The van der Waals surface area contributed by atoms with E-state index in [1.54, 1.807) is 0 Å². The quantitative estimate of drug-likeness (QED) is 0.191. The number of rotatable bonds is 4. The summed E-state index contributed by atoms with van der Waals surface area (Å²) in [6, 6.07) is 47.1. The van der Waals surface area contributed by atoms with Gasteiger partial charge in [0.1, 0.15) is 0 Å². The molecule has 1 aliphatic carbocycles. The van der Waals surface area contributed by atoms with Crippen LogP contribution in [0.15, 0.2) is 158 Å². The Morgan fingerprint density at radius 2 is 1.29 bits per heavy atom. The van der Waals surface area contributed by atoms with Crippen molar-refractivity contribution >= 4 is 53.7 Å². The Hall–Kier alpha value is -5.91. The second-order valence-electron chi connectivity index (χ2n) is 13.0. The molecule has 232 valence electrons. The highest BCUT2D eigenvalue weighted by atomic mass is 32.1. The average molecular weight is 647 g/mol. The molecule has 4 nitrogen and oxygen atoms in total. The normalized spacial score (nSPS) is 18.0.